The van der Waals surface area contributed by atoms with Crippen LogP contribution < -0.4 is 0 Å². The molecular formula is C13H21NO3. The summed E-state index contributed by atoms with van der Waals surface area (Å²) < 4.78 is 5.18. The van der Waals surface area contributed by atoms with Gasteiger partial charge in [0.2, 0.25) is 5.91 Å². The minimum atomic E-state index is -0.167. The second-order valence-electron chi connectivity index (χ2n) is 4.35. The number of carbonyl (C=O) groups excluding carboxylic acids is 2. The molecule has 0 bridgehead atoms. The largest absolute Gasteiger partial charge is 0.465 e. The highest BCUT2D eigenvalue weighted by Gasteiger charge is 2.28. The second-order valence-corrected chi connectivity index (χ2v) is 4.35. The fraction of sp³-hybridized carbons (Fsp3) is 0.692. The lowest BCUT2D eigenvalue weighted by Crippen LogP contribution is -2.42. The summed E-state index contributed by atoms with van der Waals surface area (Å²) in [4.78, 5) is 24.9. The van der Waals surface area contributed by atoms with Crippen LogP contribution in [0.25, 0.3) is 0 Å². The Morgan fingerprint density at radius 3 is 2.94 bits per heavy atom. The van der Waals surface area contributed by atoms with Gasteiger partial charge in [-0.15, -0.1) is 0 Å². The molecule has 1 saturated heterocycles. The first-order chi connectivity index (χ1) is 8.19. The molecule has 96 valence electrons. The van der Waals surface area contributed by atoms with Crippen molar-refractivity contribution in [3.05, 3.63) is 12.7 Å². The minimum absolute atomic E-state index is 0.101. The summed E-state index contributed by atoms with van der Waals surface area (Å²) in [7, 11) is 0. The number of carbonyl (C=O) groups is 2. The molecule has 1 unspecified atom stereocenters. The van der Waals surface area contributed by atoms with Gasteiger partial charge in [-0.1, -0.05) is 19.9 Å². The van der Waals surface area contributed by atoms with Gasteiger partial charge in [0.1, 0.15) is 0 Å². The van der Waals surface area contributed by atoms with E-state index >= 15 is 0 Å². The molecule has 0 spiro atoms. The van der Waals surface area contributed by atoms with Crippen molar-refractivity contribution in [3.63, 3.8) is 0 Å². The van der Waals surface area contributed by atoms with E-state index in [1.165, 1.54) is 6.08 Å². The van der Waals surface area contributed by atoms with Crippen LogP contribution in [0.5, 0.6) is 0 Å². The molecule has 1 heterocycles. The third kappa shape index (κ3) is 4.21. The monoisotopic (exact) mass is 239 g/mol. The van der Waals surface area contributed by atoms with E-state index in [0.717, 1.165) is 25.7 Å². The Labute approximate surface area is 103 Å². The molecule has 4 nitrogen and oxygen atoms in total. The molecule has 17 heavy (non-hydrogen) atoms. The Kier molecular flexibility index (Phi) is 5.73. The van der Waals surface area contributed by atoms with Crippen molar-refractivity contribution in [3.8, 4) is 0 Å². The maximum atomic E-state index is 11.7. The van der Waals surface area contributed by atoms with Crippen molar-refractivity contribution >= 4 is 11.9 Å². The third-order valence-corrected chi connectivity index (χ3v) is 2.98. The first-order valence-electron chi connectivity index (χ1n) is 6.27. The summed E-state index contributed by atoms with van der Waals surface area (Å²) in [6.45, 7) is 7.18. The van der Waals surface area contributed by atoms with Crippen molar-refractivity contribution in [2.45, 2.75) is 32.6 Å². The van der Waals surface area contributed by atoms with Crippen LogP contribution in [-0.4, -0.2) is 36.5 Å². The highest BCUT2D eigenvalue weighted by Crippen LogP contribution is 2.18. The Morgan fingerprint density at radius 2 is 2.29 bits per heavy atom. The van der Waals surface area contributed by atoms with Crippen molar-refractivity contribution in [1.29, 1.82) is 0 Å². The maximum Gasteiger partial charge on any atom is 0.310 e. The standard InChI is InChI=1S/C13H21NO3/c1-3-5-9-17-13(16)11-7-6-8-14(10-11)12(15)4-2/h4,11H,2-3,5-10H2,1H3. The Bertz CT molecular complexity index is 288. The van der Waals surface area contributed by atoms with Crippen LogP contribution in [-0.2, 0) is 14.3 Å². The number of amides is 1. The zero-order chi connectivity index (χ0) is 12.7. The van der Waals surface area contributed by atoms with Gasteiger partial charge in [-0.05, 0) is 25.3 Å². The summed E-state index contributed by atoms with van der Waals surface area (Å²) in [6, 6.07) is 0. The van der Waals surface area contributed by atoms with E-state index in [0.29, 0.717) is 19.7 Å². The van der Waals surface area contributed by atoms with Gasteiger partial charge >= 0.3 is 5.97 Å². The number of ether oxygens (including phenoxy) is 1. The van der Waals surface area contributed by atoms with Gasteiger partial charge < -0.3 is 9.64 Å². The lowest BCUT2D eigenvalue weighted by atomic mass is 9.98. The molecular weight excluding hydrogens is 218 g/mol. The van der Waals surface area contributed by atoms with Gasteiger partial charge in [0.05, 0.1) is 12.5 Å². The predicted molar refractivity (Wildman–Crippen MR) is 65.4 cm³/mol. The number of piperidine rings is 1. The van der Waals surface area contributed by atoms with Crippen molar-refractivity contribution in [1.82, 2.24) is 4.90 Å². The van der Waals surface area contributed by atoms with Gasteiger partial charge in [0, 0.05) is 13.1 Å². The molecule has 1 amide bonds. The molecule has 1 aliphatic heterocycles. The van der Waals surface area contributed by atoms with Crippen LogP contribution >= 0.6 is 0 Å². The summed E-state index contributed by atoms with van der Waals surface area (Å²) in [5.41, 5.74) is 0. The van der Waals surface area contributed by atoms with Crippen molar-refractivity contribution in [2.75, 3.05) is 19.7 Å². The van der Waals surface area contributed by atoms with E-state index in [4.69, 9.17) is 4.74 Å². The highest BCUT2D eigenvalue weighted by molar-refractivity contribution is 5.87. The molecule has 1 rings (SSSR count). The predicted octanol–water partition coefficient (Wildman–Crippen LogP) is 1.75. The lowest BCUT2D eigenvalue weighted by molar-refractivity contribution is -0.151. The second kappa shape index (κ2) is 7.09. The molecule has 0 aromatic carbocycles. The summed E-state index contributed by atoms with van der Waals surface area (Å²) in [6.07, 6.45) is 4.87. The first kappa shape index (κ1) is 13.7. The number of esters is 1. The van der Waals surface area contributed by atoms with E-state index in [-0.39, 0.29) is 17.8 Å². The SMILES string of the molecule is C=CC(=O)N1CCCC(C(=O)OCCCC)C1. The van der Waals surface area contributed by atoms with Crippen LogP contribution in [0.15, 0.2) is 12.7 Å². The summed E-state index contributed by atoms with van der Waals surface area (Å²) in [5.74, 6) is -0.430. The summed E-state index contributed by atoms with van der Waals surface area (Å²) in [5, 5.41) is 0. The molecule has 0 radical (unpaired) electrons. The summed E-state index contributed by atoms with van der Waals surface area (Å²) >= 11 is 0. The van der Waals surface area contributed by atoms with E-state index in [2.05, 4.69) is 13.5 Å². The van der Waals surface area contributed by atoms with E-state index in [1.807, 2.05) is 0 Å². The average Bonchev–Trinajstić information content (AvgIpc) is 2.38. The van der Waals surface area contributed by atoms with Crippen LogP contribution in [0, 0.1) is 5.92 Å². The average molecular weight is 239 g/mol. The molecule has 1 fully saturated rings. The third-order valence-electron chi connectivity index (χ3n) is 2.98. The van der Waals surface area contributed by atoms with Gasteiger partial charge in [0.25, 0.3) is 0 Å². The molecule has 1 aliphatic rings. The Hall–Kier alpha value is -1.32. The van der Waals surface area contributed by atoms with Gasteiger partial charge in [-0.3, -0.25) is 9.59 Å². The van der Waals surface area contributed by atoms with Crippen molar-refractivity contribution in [2.24, 2.45) is 5.92 Å². The molecule has 0 aromatic heterocycles. The zero-order valence-electron chi connectivity index (χ0n) is 10.5. The van der Waals surface area contributed by atoms with Crippen LogP contribution in [0.2, 0.25) is 0 Å². The van der Waals surface area contributed by atoms with Crippen LogP contribution in [0.3, 0.4) is 0 Å². The van der Waals surface area contributed by atoms with E-state index < -0.39 is 0 Å². The Morgan fingerprint density at radius 1 is 1.53 bits per heavy atom. The maximum absolute atomic E-state index is 11.7. The normalized spacial score (nSPS) is 19.8. The number of rotatable bonds is 5. The number of nitrogens with zero attached hydrogens (tertiary/aromatic N) is 1. The topological polar surface area (TPSA) is 46.6 Å². The molecule has 0 N–H and O–H groups in total. The Balaban J connectivity index is 2.40. The fourth-order valence-electron chi connectivity index (χ4n) is 1.93. The fourth-order valence-corrected chi connectivity index (χ4v) is 1.93. The van der Waals surface area contributed by atoms with Gasteiger partial charge in [-0.2, -0.15) is 0 Å². The molecule has 0 aliphatic carbocycles. The quantitative estimate of drug-likeness (QED) is 0.417. The van der Waals surface area contributed by atoms with E-state index in [1.54, 1.807) is 4.90 Å². The molecule has 4 heteroatoms. The van der Waals surface area contributed by atoms with Crippen LogP contribution in [0.4, 0.5) is 0 Å². The first-order valence-corrected chi connectivity index (χ1v) is 6.27. The van der Waals surface area contributed by atoms with Crippen LogP contribution in [0.1, 0.15) is 32.6 Å². The molecule has 0 aromatic rings. The van der Waals surface area contributed by atoms with Gasteiger partial charge in [-0.25, -0.2) is 0 Å². The van der Waals surface area contributed by atoms with Gasteiger partial charge in [0.15, 0.2) is 0 Å². The highest BCUT2D eigenvalue weighted by atomic mass is 16.5. The number of hydrogen-bond donors (Lipinski definition) is 0. The number of unbranched alkanes of at least 4 members (excludes halogenated alkanes) is 1. The zero-order valence-corrected chi connectivity index (χ0v) is 10.5. The lowest BCUT2D eigenvalue weighted by Gasteiger charge is -2.30. The minimum Gasteiger partial charge on any atom is -0.465 e. The molecule has 1 atom stereocenters. The van der Waals surface area contributed by atoms with Crippen molar-refractivity contribution < 1.29 is 14.3 Å². The smallest absolute Gasteiger partial charge is 0.310 e. The number of hydrogen-bond acceptors (Lipinski definition) is 3. The van der Waals surface area contributed by atoms with E-state index in [9.17, 15) is 9.59 Å². The number of likely N-dealkylation sites (tertiary alicyclic amines) is 1. The molecule has 0 saturated carbocycles.